The van der Waals surface area contributed by atoms with Gasteiger partial charge in [-0.1, -0.05) is 0 Å². The molecule has 77 heavy (non-hydrogen) atoms. The number of amides is 11. The van der Waals surface area contributed by atoms with Crippen molar-refractivity contribution in [3.63, 3.8) is 0 Å². The standard InChI is InChI=1S/C48H81N11O18/c1-3-49-36(62)10-4-25-53-39(65)21-17-34(47(74)75)59-45(71)15-9-29-55-41(67)23-19-35(48(76)77)58-44(70)14-8-27-51-37(63)11-5-26-52-38(64)20-16-32(30-60)56-42(68)12-7-28-54-40(66)22-18-33(46(72)73)57-43(69)13-6-24-50-31(2)61/h32-35,60H,3-30H2,1-2H3,(H,49,62)(H,50,61)(H,51,63)(H,52,64)(H,53,65)(H,54,66)(H,55,67)(H,56,68)(H,57,69)(H,58,70)(H,59,71)(H,72,73)(H,74,75)(H,76,77). The Labute approximate surface area is 446 Å². The zero-order valence-corrected chi connectivity index (χ0v) is 44.1. The zero-order valence-electron chi connectivity index (χ0n) is 44.1. The number of rotatable bonds is 45. The normalized spacial score (nSPS) is 12.1. The fraction of sp³-hybridized carbons (Fsp3) is 0.708. The third-order valence-electron chi connectivity index (χ3n) is 11.0. The van der Waals surface area contributed by atoms with Gasteiger partial charge in [-0.2, -0.15) is 0 Å². The molecule has 0 aliphatic heterocycles. The summed E-state index contributed by atoms with van der Waals surface area (Å²) in [5.74, 6) is -8.84. The van der Waals surface area contributed by atoms with Gasteiger partial charge >= 0.3 is 17.9 Å². The second kappa shape index (κ2) is 42.7. The van der Waals surface area contributed by atoms with E-state index in [1.165, 1.54) is 6.92 Å². The minimum Gasteiger partial charge on any atom is -0.480 e. The average Bonchev–Trinajstić information content (AvgIpc) is 3.36. The first-order valence-electron chi connectivity index (χ1n) is 25.9. The van der Waals surface area contributed by atoms with Crippen LogP contribution in [0.1, 0.15) is 142 Å². The molecule has 436 valence electrons. The Morgan fingerprint density at radius 3 is 0.844 bits per heavy atom. The maximum Gasteiger partial charge on any atom is 0.326 e. The molecule has 0 aliphatic rings. The minimum absolute atomic E-state index is 0.0106. The van der Waals surface area contributed by atoms with Crippen molar-refractivity contribution in [3.8, 4) is 0 Å². The average molecular weight is 1100 g/mol. The molecule has 0 spiro atoms. The van der Waals surface area contributed by atoms with Crippen LogP contribution in [0.3, 0.4) is 0 Å². The van der Waals surface area contributed by atoms with Crippen molar-refractivity contribution in [3.05, 3.63) is 0 Å². The van der Waals surface area contributed by atoms with E-state index in [0.717, 1.165) is 0 Å². The van der Waals surface area contributed by atoms with Crippen LogP contribution in [0.2, 0.25) is 0 Å². The SMILES string of the molecule is CCNC(=O)CCCNC(=O)CCC(NC(=O)CCCNC(=O)CCC(NC(=O)CCCNC(=O)CCCNC(=O)CCC(CO)NC(=O)CCCNC(=O)CCC(NC(=O)CCCNC(C)=O)C(=O)O)C(=O)O)C(=O)O. The molecule has 0 aromatic carbocycles. The molecule has 0 aromatic heterocycles. The Morgan fingerprint density at radius 1 is 0.325 bits per heavy atom. The molecule has 15 N–H and O–H groups in total. The van der Waals surface area contributed by atoms with E-state index in [4.69, 9.17) is 0 Å². The molecule has 29 heteroatoms. The molecule has 0 aromatic rings. The summed E-state index contributed by atoms with van der Waals surface area (Å²) in [4.78, 5) is 168. The molecule has 0 rings (SSSR count). The van der Waals surface area contributed by atoms with Gasteiger partial charge in [-0.05, 0) is 71.1 Å². The lowest BCUT2D eigenvalue weighted by Gasteiger charge is -2.16. The third-order valence-corrected chi connectivity index (χ3v) is 11.0. The Bertz CT molecular complexity index is 1960. The first kappa shape index (κ1) is 69.5. The quantitative estimate of drug-likeness (QED) is 0.0268. The van der Waals surface area contributed by atoms with Crippen molar-refractivity contribution < 1.29 is 87.5 Å². The molecular formula is C48H81N11O18. The van der Waals surface area contributed by atoms with E-state index in [1.807, 2.05) is 0 Å². The molecule has 4 atom stereocenters. The van der Waals surface area contributed by atoms with E-state index in [0.29, 0.717) is 19.4 Å². The number of carboxylic acid groups (broad SMARTS) is 3. The van der Waals surface area contributed by atoms with Gasteiger partial charge in [-0.25, -0.2) is 14.4 Å². The summed E-state index contributed by atoms with van der Waals surface area (Å²) in [6, 6.07) is -4.73. The van der Waals surface area contributed by atoms with Gasteiger partial charge in [0.05, 0.1) is 12.6 Å². The Hall–Kier alpha value is -7.46. The Balaban J connectivity index is 4.26. The second-order valence-corrected chi connectivity index (χ2v) is 17.8. The van der Waals surface area contributed by atoms with Gasteiger partial charge in [0.25, 0.3) is 0 Å². The number of hydrogen-bond donors (Lipinski definition) is 15. The molecule has 0 radical (unpaired) electrons. The summed E-state index contributed by atoms with van der Waals surface area (Å²) < 4.78 is 0. The molecule has 0 saturated heterocycles. The van der Waals surface area contributed by atoms with E-state index in [9.17, 15) is 87.5 Å². The van der Waals surface area contributed by atoms with Gasteiger partial charge in [0.15, 0.2) is 0 Å². The van der Waals surface area contributed by atoms with Crippen molar-refractivity contribution in [1.29, 1.82) is 0 Å². The predicted molar refractivity (Wildman–Crippen MR) is 272 cm³/mol. The minimum atomic E-state index is -1.38. The number of carbonyl (C=O) groups is 14. The van der Waals surface area contributed by atoms with E-state index < -0.39 is 90.0 Å². The largest absolute Gasteiger partial charge is 0.480 e. The number of nitrogens with one attached hydrogen (secondary N) is 11. The van der Waals surface area contributed by atoms with E-state index in [1.54, 1.807) is 6.92 Å². The third kappa shape index (κ3) is 39.6. The van der Waals surface area contributed by atoms with Gasteiger partial charge in [0.1, 0.15) is 18.1 Å². The van der Waals surface area contributed by atoms with Crippen LogP contribution in [-0.2, 0) is 67.1 Å². The monoisotopic (exact) mass is 1100 g/mol. The smallest absolute Gasteiger partial charge is 0.326 e. The van der Waals surface area contributed by atoms with Gasteiger partial charge in [0, 0.05) is 117 Å². The van der Waals surface area contributed by atoms with Crippen LogP contribution in [0.15, 0.2) is 0 Å². The van der Waals surface area contributed by atoms with Crippen LogP contribution < -0.4 is 58.5 Å². The van der Waals surface area contributed by atoms with Gasteiger partial charge in [-0.15, -0.1) is 0 Å². The lowest BCUT2D eigenvalue weighted by Crippen LogP contribution is -2.42. The fourth-order valence-corrected chi connectivity index (χ4v) is 6.84. The maximum atomic E-state index is 12.4. The lowest BCUT2D eigenvalue weighted by atomic mass is 10.1. The van der Waals surface area contributed by atoms with E-state index >= 15 is 0 Å². The first-order chi connectivity index (χ1) is 36.6. The van der Waals surface area contributed by atoms with Crippen LogP contribution in [0.25, 0.3) is 0 Å². The lowest BCUT2D eigenvalue weighted by molar-refractivity contribution is -0.142. The van der Waals surface area contributed by atoms with Crippen molar-refractivity contribution in [2.45, 2.75) is 166 Å². The molecule has 0 saturated carbocycles. The van der Waals surface area contributed by atoms with Crippen LogP contribution in [-0.4, -0.2) is 180 Å². The number of aliphatic hydroxyl groups is 1. The Morgan fingerprint density at radius 2 is 0.571 bits per heavy atom. The highest BCUT2D eigenvalue weighted by Gasteiger charge is 2.24. The highest BCUT2D eigenvalue weighted by atomic mass is 16.4. The molecule has 11 amide bonds. The summed E-state index contributed by atoms with van der Waals surface area (Å²) in [5, 5.41) is 65.8. The van der Waals surface area contributed by atoms with Gasteiger partial charge in [0.2, 0.25) is 65.0 Å². The summed E-state index contributed by atoms with van der Waals surface area (Å²) in [5.41, 5.74) is 0. The highest BCUT2D eigenvalue weighted by molar-refractivity contribution is 5.87. The summed E-state index contributed by atoms with van der Waals surface area (Å²) in [6.07, 6.45) is 0.304. The summed E-state index contributed by atoms with van der Waals surface area (Å²) in [6.45, 7) is 4.00. The van der Waals surface area contributed by atoms with Gasteiger partial charge < -0.3 is 78.9 Å². The van der Waals surface area contributed by atoms with Crippen LogP contribution in [0.4, 0.5) is 0 Å². The molecular weight excluding hydrogens is 1020 g/mol. The Kier molecular flexibility index (Phi) is 38.6. The zero-order chi connectivity index (χ0) is 58.0. The first-order valence-corrected chi connectivity index (χ1v) is 25.9. The van der Waals surface area contributed by atoms with Crippen molar-refractivity contribution in [1.82, 2.24) is 58.5 Å². The molecule has 0 aliphatic carbocycles. The van der Waals surface area contributed by atoms with Crippen LogP contribution in [0.5, 0.6) is 0 Å². The number of hydrogen-bond acceptors (Lipinski definition) is 15. The number of aliphatic carboxylic acids is 3. The molecule has 0 bridgehead atoms. The topological polar surface area (TPSA) is 452 Å². The van der Waals surface area contributed by atoms with Crippen molar-refractivity contribution >= 4 is 82.9 Å². The second-order valence-electron chi connectivity index (χ2n) is 17.8. The van der Waals surface area contributed by atoms with Crippen LogP contribution in [0, 0.1) is 0 Å². The van der Waals surface area contributed by atoms with Crippen LogP contribution >= 0.6 is 0 Å². The fourth-order valence-electron chi connectivity index (χ4n) is 6.84. The molecule has 0 fully saturated rings. The van der Waals surface area contributed by atoms with Crippen molar-refractivity contribution in [2.24, 2.45) is 0 Å². The van der Waals surface area contributed by atoms with Crippen molar-refractivity contribution in [2.75, 3.05) is 52.4 Å². The van der Waals surface area contributed by atoms with Gasteiger partial charge in [-0.3, -0.25) is 52.7 Å². The number of carboxylic acids is 3. The molecule has 0 heterocycles. The number of carbonyl (C=O) groups excluding carboxylic acids is 11. The predicted octanol–water partition coefficient (Wildman–Crippen LogP) is -3.17. The summed E-state index contributed by atoms with van der Waals surface area (Å²) >= 11 is 0. The number of aliphatic hydroxyl groups excluding tert-OH is 1. The molecule has 29 nitrogen and oxygen atoms in total. The van der Waals surface area contributed by atoms with E-state index in [-0.39, 0.29) is 178 Å². The van der Waals surface area contributed by atoms with E-state index in [2.05, 4.69) is 58.5 Å². The maximum absolute atomic E-state index is 12.4. The summed E-state index contributed by atoms with van der Waals surface area (Å²) in [7, 11) is 0. The highest BCUT2D eigenvalue weighted by Crippen LogP contribution is 2.05. The molecule has 4 unspecified atom stereocenters.